The molecule has 0 unspecified atom stereocenters. The third-order valence-corrected chi connectivity index (χ3v) is 2.52. The number of pyridine rings is 1. The van der Waals surface area contributed by atoms with Gasteiger partial charge in [-0.15, -0.1) is 0 Å². The van der Waals surface area contributed by atoms with E-state index in [2.05, 4.69) is 15.6 Å². The number of amides is 1. The molecule has 0 saturated heterocycles. The SMILES string of the molecule is Cc1ccc([N+](=O)[O-])c(NCCCNC(=O)OC(C)(C)C)n1. The minimum atomic E-state index is -0.533. The van der Waals surface area contributed by atoms with Gasteiger partial charge in [0, 0.05) is 24.8 Å². The summed E-state index contributed by atoms with van der Waals surface area (Å²) in [7, 11) is 0. The maximum Gasteiger partial charge on any atom is 0.407 e. The Morgan fingerprint density at radius 3 is 2.64 bits per heavy atom. The van der Waals surface area contributed by atoms with Gasteiger partial charge in [-0.3, -0.25) is 10.1 Å². The number of nitro groups is 1. The summed E-state index contributed by atoms with van der Waals surface area (Å²) in [6.45, 7) is 7.98. The van der Waals surface area contributed by atoms with Crippen LogP contribution >= 0.6 is 0 Å². The first kappa shape index (κ1) is 17.7. The molecule has 1 aromatic rings. The molecular weight excluding hydrogens is 288 g/mol. The van der Waals surface area contributed by atoms with Crippen LogP contribution in [0.2, 0.25) is 0 Å². The van der Waals surface area contributed by atoms with Gasteiger partial charge in [-0.2, -0.15) is 0 Å². The summed E-state index contributed by atoms with van der Waals surface area (Å²) in [6, 6.07) is 3.01. The quantitative estimate of drug-likeness (QED) is 0.475. The number of ether oxygens (including phenoxy) is 1. The fourth-order valence-electron chi connectivity index (χ4n) is 1.63. The van der Waals surface area contributed by atoms with Gasteiger partial charge in [-0.25, -0.2) is 9.78 Å². The third-order valence-electron chi connectivity index (χ3n) is 2.52. The topological polar surface area (TPSA) is 106 Å². The summed E-state index contributed by atoms with van der Waals surface area (Å²) in [6.07, 6.45) is 0.110. The highest BCUT2D eigenvalue weighted by Crippen LogP contribution is 2.21. The van der Waals surface area contributed by atoms with Crippen molar-refractivity contribution in [3.8, 4) is 0 Å². The lowest BCUT2D eigenvalue weighted by Crippen LogP contribution is -2.33. The maximum atomic E-state index is 11.4. The zero-order chi connectivity index (χ0) is 16.8. The Hall–Kier alpha value is -2.38. The van der Waals surface area contributed by atoms with Crippen molar-refractivity contribution in [2.75, 3.05) is 18.4 Å². The molecule has 1 aromatic heterocycles. The highest BCUT2D eigenvalue weighted by molar-refractivity contribution is 5.67. The highest BCUT2D eigenvalue weighted by Gasteiger charge is 2.16. The molecule has 0 saturated carbocycles. The number of rotatable bonds is 6. The first-order chi connectivity index (χ1) is 10.2. The lowest BCUT2D eigenvalue weighted by Gasteiger charge is -2.19. The molecule has 1 rings (SSSR count). The van der Waals surface area contributed by atoms with Crippen molar-refractivity contribution in [1.29, 1.82) is 0 Å². The molecule has 0 atom stereocenters. The van der Waals surface area contributed by atoms with E-state index in [4.69, 9.17) is 4.74 Å². The summed E-state index contributed by atoms with van der Waals surface area (Å²) in [4.78, 5) is 26.0. The number of hydrogen-bond donors (Lipinski definition) is 2. The van der Waals surface area contributed by atoms with E-state index < -0.39 is 16.6 Å². The number of aromatic nitrogens is 1. The Morgan fingerprint density at radius 2 is 2.05 bits per heavy atom. The Labute approximate surface area is 129 Å². The molecule has 0 fully saturated rings. The molecule has 1 amide bonds. The molecule has 22 heavy (non-hydrogen) atoms. The predicted molar refractivity (Wildman–Crippen MR) is 83.0 cm³/mol. The first-order valence-electron chi connectivity index (χ1n) is 7.02. The van der Waals surface area contributed by atoms with E-state index in [0.717, 1.165) is 0 Å². The molecule has 0 aliphatic rings. The predicted octanol–water partition coefficient (Wildman–Crippen LogP) is 2.62. The number of anilines is 1. The summed E-state index contributed by atoms with van der Waals surface area (Å²) >= 11 is 0. The maximum absolute atomic E-state index is 11.4. The van der Waals surface area contributed by atoms with E-state index in [1.54, 1.807) is 33.8 Å². The third kappa shape index (κ3) is 6.38. The van der Waals surface area contributed by atoms with Gasteiger partial charge in [-0.05, 0) is 40.2 Å². The van der Waals surface area contributed by atoms with Crippen LogP contribution in [0.25, 0.3) is 0 Å². The van der Waals surface area contributed by atoms with Crippen molar-refractivity contribution in [2.45, 2.75) is 39.7 Å². The van der Waals surface area contributed by atoms with E-state index >= 15 is 0 Å². The van der Waals surface area contributed by atoms with Crippen LogP contribution in [0, 0.1) is 17.0 Å². The van der Waals surface area contributed by atoms with Gasteiger partial charge in [0.05, 0.1) is 4.92 Å². The monoisotopic (exact) mass is 310 g/mol. The van der Waals surface area contributed by atoms with Gasteiger partial charge in [0.25, 0.3) is 0 Å². The van der Waals surface area contributed by atoms with Gasteiger partial charge >= 0.3 is 11.8 Å². The van der Waals surface area contributed by atoms with Gasteiger partial charge in [0.1, 0.15) is 5.60 Å². The Bertz CT molecular complexity index is 540. The molecule has 8 nitrogen and oxygen atoms in total. The van der Waals surface area contributed by atoms with Crippen molar-refractivity contribution in [2.24, 2.45) is 0 Å². The van der Waals surface area contributed by atoms with Crippen LogP contribution in [0.1, 0.15) is 32.9 Å². The van der Waals surface area contributed by atoms with E-state index in [1.165, 1.54) is 6.07 Å². The van der Waals surface area contributed by atoms with Crippen LogP contribution in [0.15, 0.2) is 12.1 Å². The largest absolute Gasteiger partial charge is 0.444 e. The minimum Gasteiger partial charge on any atom is -0.444 e. The van der Waals surface area contributed by atoms with Crippen molar-refractivity contribution in [3.63, 3.8) is 0 Å². The summed E-state index contributed by atoms with van der Waals surface area (Å²) in [5.41, 5.74) is 0.0970. The molecule has 0 radical (unpaired) electrons. The number of carbonyl (C=O) groups excluding carboxylic acids is 1. The van der Waals surface area contributed by atoms with E-state index in [-0.39, 0.29) is 11.5 Å². The molecule has 1 heterocycles. The van der Waals surface area contributed by atoms with E-state index in [9.17, 15) is 14.9 Å². The summed E-state index contributed by atoms with van der Waals surface area (Å²) in [5, 5.41) is 16.4. The zero-order valence-corrected chi connectivity index (χ0v) is 13.3. The number of nitrogens with one attached hydrogen (secondary N) is 2. The number of carbonyl (C=O) groups is 1. The van der Waals surface area contributed by atoms with Gasteiger partial charge in [-0.1, -0.05) is 0 Å². The lowest BCUT2D eigenvalue weighted by atomic mass is 10.2. The van der Waals surface area contributed by atoms with E-state index in [0.29, 0.717) is 25.2 Å². The second-order valence-corrected chi connectivity index (χ2v) is 5.79. The summed E-state index contributed by atoms with van der Waals surface area (Å²) in [5.74, 6) is 0.238. The Balaban J connectivity index is 2.38. The van der Waals surface area contributed by atoms with Crippen molar-refractivity contribution < 1.29 is 14.5 Å². The molecule has 122 valence electrons. The van der Waals surface area contributed by atoms with Crippen LogP contribution in [-0.4, -0.2) is 34.7 Å². The molecule has 8 heteroatoms. The van der Waals surface area contributed by atoms with Gasteiger partial charge in [0.2, 0.25) is 5.82 Å². The fourth-order valence-corrected chi connectivity index (χ4v) is 1.63. The van der Waals surface area contributed by atoms with Crippen LogP contribution in [0.5, 0.6) is 0 Å². The molecule has 0 bridgehead atoms. The molecule has 0 aliphatic heterocycles. The molecule has 0 aliphatic carbocycles. The number of hydrogen-bond acceptors (Lipinski definition) is 6. The first-order valence-corrected chi connectivity index (χ1v) is 7.02. The second-order valence-electron chi connectivity index (χ2n) is 5.79. The number of alkyl carbamates (subject to hydrolysis) is 1. The molecule has 0 spiro atoms. The van der Waals surface area contributed by atoms with Gasteiger partial charge < -0.3 is 15.4 Å². The highest BCUT2D eigenvalue weighted by atomic mass is 16.6. The fraction of sp³-hybridized carbons (Fsp3) is 0.571. The zero-order valence-electron chi connectivity index (χ0n) is 13.3. The van der Waals surface area contributed by atoms with E-state index in [1.807, 2.05) is 0 Å². The molecular formula is C14H22N4O4. The Kier molecular flexibility index (Phi) is 6.09. The number of aryl methyl sites for hydroxylation is 1. The summed E-state index contributed by atoms with van der Waals surface area (Å²) < 4.78 is 5.10. The van der Waals surface area contributed by atoms with Crippen molar-refractivity contribution in [3.05, 3.63) is 27.9 Å². The van der Waals surface area contributed by atoms with Crippen molar-refractivity contribution >= 4 is 17.6 Å². The standard InChI is InChI=1S/C14H22N4O4/c1-10-6-7-11(18(20)21)12(17-10)15-8-5-9-16-13(19)22-14(2,3)4/h6-7H,5,8-9H2,1-4H3,(H,15,17)(H,16,19). The van der Waals surface area contributed by atoms with Crippen LogP contribution in [-0.2, 0) is 4.74 Å². The molecule has 0 aromatic carbocycles. The molecule has 2 N–H and O–H groups in total. The average molecular weight is 310 g/mol. The Morgan fingerprint density at radius 1 is 1.36 bits per heavy atom. The normalized spacial score (nSPS) is 10.9. The smallest absolute Gasteiger partial charge is 0.407 e. The van der Waals surface area contributed by atoms with Crippen LogP contribution in [0.3, 0.4) is 0 Å². The minimum absolute atomic E-state index is 0.0642. The van der Waals surface area contributed by atoms with Gasteiger partial charge in [0.15, 0.2) is 0 Å². The second kappa shape index (κ2) is 7.58. The average Bonchev–Trinajstić information content (AvgIpc) is 2.35. The lowest BCUT2D eigenvalue weighted by molar-refractivity contribution is -0.384. The number of nitrogens with zero attached hydrogens (tertiary/aromatic N) is 2. The van der Waals surface area contributed by atoms with Crippen LogP contribution < -0.4 is 10.6 Å². The van der Waals surface area contributed by atoms with Crippen LogP contribution in [0.4, 0.5) is 16.3 Å². The van der Waals surface area contributed by atoms with Crippen molar-refractivity contribution in [1.82, 2.24) is 10.3 Å².